The zero-order chi connectivity index (χ0) is 15.1. The first-order valence-corrected chi connectivity index (χ1v) is 6.71. The highest BCUT2D eigenvalue weighted by Crippen LogP contribution is 2.34. The molecule has 1 aromatic heterocycles. The number of hydrogen-bond donors (Lipinski definition) is 0. The average Bonchev–Trinajstić information content (AvgIpc) is 2.65. The van der Waals surface area contributed by atoms with Crippen molar-refractivity contribution in [1.82, 2.24) is 9.78 Å². The van der Waals surface area contributed by atoms with Crippen LogP contribution in [-0.2, 0) is 5.54 Å². The molecule has 2 aromatic rings. The van der Waals surface area contributed by atoms with Gasteiger partial charge in [0.05, 0.1) is 16.1 Å². The van der Waals surface area contributed by atoms with Gasteiger partial charge in [-0.25, -0.2) is 9.07 Å². The summed E-state index contributed by atoms with van der Waals surface area (Å²) in [5.41, 5.74) is 0.680. The maximum Gasteiger partial charge on any atom is 0.155 e. The van der Waals surface area contributed by atoms with E-state index in [0.29, 0.717) is 17.5 Å². The lowest BCUT2D eigenvalue weighted by Gasteiger charge is -2.20. The highest BCUT2D eigenvalue weighted by molar-refractivity contribution is 6.34. The maximum atomic E-state index is 13.1. The van der Waals surface area contributed by atoms with Crippen LogP contribution in [0.1, 0.15) is 31.1 Å². The van der Waals surface area contributed by atoms with Gasteiger partial charge in [-0.15, -0.1) is 0 Å². The molecule has 0 aliphatic carbocycles. The van der Waals surface area contributed by atoms with E-state index < -0.39 is 5.82 Å². The van der Waals surface area contributed by atoms with Crippen LogP contribution < -0.4 is 0 Å². The van der Waals surface area contributed by atoms with E-state index in [1.165, 1.54) is 18.2 Å². The van der Waals surface area contributed by atoms with Crippen LogP contribution >= 0.6 is 23.2 Å². The van der Waals surface area contributed by atoms with Gasteiger partial charge in [-0.05, 0) is 39.0 Å². The molecule has 0 spiro atoms. The number of carbonyl (C=O) groups is 1. The summed E-state index contributed by atoms with van der Waals surface area (Å²) in [7, 11) is 0. The minimum Gasteiger partial charge on any atom is -0.298 e. The quantitative estimate of drug-likeness (QED) is 0.761. The van der Waals surface area contributed by atoms with E-state index in [9.17, 15) is 9.18 Å². The van der Waals surface area contributed by atoms with Crippen molar-refractivity contribution in [2.24, 2.45) is 0 Å². The second-order valence-corrected chi connectivity index (χ2v) is 6.14. The van der Waals surface area contributed by atoms with Crippen molar-refractivity contribution in [3.63, 3.8) is 0 Å². The predicted octanol–water partition coefficient (Wildman–Crippen LogP) is 4.56. The van der Waals surface area contributed by atoms with Gasteiger partial charge >= 0.3 is 0 Å². The summed E-state index contributed by atoms with van der Waals surface area (Å²) in [4.78, 5) is 11.3. The summed E-state index contributed by atoms with van der Waals surface area (Å²) in [5.74, 6) is -0.451. The zero-order valence-corrected chi connectivity index (χ0v) is 12.8. The molecule has 106 valence electrons. The molecule has 0 N–H and O–H groups in total. The molecule has 0 saturated heterocycles. The van der Waals surface area contributed by atoms with Gasteiger partial charge in [0.15, 0.2) is 6.29 Å². The van der Waals surface area contributed by atoms with Crippen molar-refractivity contribution in [2.45, 2.75) is 26.3 Å². The van der Waals surface area contributed by atoms with Gasteiger partial charge in [-0.3, -0.25) is 4.79 Å². The van der Waals surface area contributed by atoms with Crippen LogP contribution in [0.25, 0.3) is 11.3 Å². The first-order valence-electron chi connectivity index (χ1n) is 5.95. The number of aromatic nitrogens is 2. The number of rotatable bonds is 2. The summed E-state index contributed by atoms with van der Waals surface area (Å²) in [5, 5.41) is 4.78. The van der Waals surface area contributed by atoms with Crippen molar-refractivity contribution in [3.05, 3.63) is 39.8 Å². The highest BCUT2D eigenvalue weighted by atomic mass is 35.5. The summed E-state index contributed by atoms with van der Waals surface area (Å²) >= 11 is 12.2. The van der Waals surface area contributed by atoms with E-state index >= 15 is 0 Å². The molecule has 0 aliphatic heterocycles. The van der Waals surface area contributed by atoms with E-state index in [1.807, 2.05) is 20.8 Å². The van der Waals surface area contributed by atoms with Gasteiger partial charge in [0.25, 0.3) is 0 Å². The van der Waals surface area contributed by atoms with Crippen LogP contribution in [0.4, 0.5) is 4.39 Å². The van der Waals surface area contributed by atoms with E-state index in [4.69, 9.17) is 23.2 Å². The SMILES string of the molecule is CC(C)(C)n1nc(-c2ccc(F)cc2Cl)c(C=O)c1Cl. The molecule has 0 radical (unpaired) electrons. The Morgan fingerprint density at radius 1 is 1.30 bits per heavy atom. The normalized spacial score (nSPS) is 11.7. The van der Waals surface area contributed by atoms with E-state index in [-0.39, 0.29) is 21.3 Å². The number of halogens is 3. The molecule has 1 aromatic carbocycles. The lowest BCUT2D eigenvalue weighted by atomic mass is 10.1. The molecule has 0 amide bonds. The van der Waals surface area contributed by atoms with Crippen molar-refractivity contribution in [2.75, 3.05) is 0 Å². The molecule has 6 heteroatoms. The molecule has 1 heterocycles. The Hall–Kier alpha value is -1.39. The molecule has 2 rings (SSSR count). The third kappa shape index (κ3) is 2.58. The predicted molar refractivity (Wildman–Crippen MR) is 78.0 cm³/mol. The number of aldehydes is 1. The fraction of sp³-hybridized carbons (Fsp3) is 0.286. The Kier molecular flexibility index (Phi) is 3.89. The Morgan fingerprint density at radius 3 is 2.45 bits per heavy atom. The van der Waals surface area contributed by atoms with Crippen molar-refractivity contribution >= 4 is 29.5 Å². The van der Waals surface area contributed by atoms with Crippen LogP contribution in [0.3, 0.4) is 0 Å². The van der Waals surface area contributed by atoms with Gasteiger partial charge in [-0.2, -0.15) is 5.10 Å². The smallest absolute Gasteiger partial charge is 0.155 e. The number of nitrogens with zero attached hydrogens (tertiary/aromatic N) is 2. The van der Waals surface area contributed by atoms with E-state index in [1.54, 1.807) is 4.68 Å². The topological polar surface area (TPSA) is 34.9 Å². The van der Waals surface area contributed by atoms with Crippen molar-refractivity contribution in [1.29, 1.82) is 0 Å². The van der Waals surface area contributed by atoms with Crippen molar-refractivity contribution < 1.29 is 9.18 Å². The van der Waals surface area contributed by atoms with Crippen molar-refractivity contribution in [3.8, 4) is 11.3 Å². The van der Waals surface area contributed by atoms with E-state index in [2.05, 4.69) is 5.10 Å². The van der Waals surface area contributed by atoms with Gasteiger partial charge in [0.2, 0.25) is 0 Å². The Balaban J connectivity index is 2.71. The van der Waals surface area contributed by atoms with Crippen LogP contribution in [0, 0.1) is 5.82 Å². The zero-order valence-electron chi connectivity index (χ0n) is 11.2. The molecule has 0 bridgehead atoms. The third-order valence-corrected chi connectivity index (χ3v) is 3.48. The fourth-order valence-electron chi connectivity index (χ4n) is 1.84. The molecular formula is C14H13Cl2FN2O. The number of carbonyl (C=O) groups excluding carboxylic acids is 1. The molecule has 3 nitrogen and oxygen atoms in total. The second-order valence-electron chi connectivity index (χ2n) is 5.38. The Bertz CT molecular complexity index is 675. The molecule has 20 heavy (non-hydrogen) atoms. The third-order valence-electron chi connectivity index (χ3n) is 2.80. The summed E-state index contributed by atoms with van der Waals surface area (Å²) in [6, 6.07) is 3.92. The van der Waals surface area contributed by atoms with E-state index in [0.717, 1.165) is 0 Å². The molecule has 0 unspecified atom stereocenters. The summed E-state index contributed by atoms with van der Waals surface area (Å²) < 4.78 is 14.7. The highest BCUT2D eigenvalue weighted by Gasteiger charge is 2.25. The molecule has 0 aliphatic rings. The minimum absolute atomic E-state index is 0.184. The fourth-order valence-corrected chi connectivity index (χ4v) is 2.52. The van der Waals surface area contributed by atoms with Gasteiger partial charge < -0.3 is 0 Å². The molecule has 0 saturated carbocycles. The maximum absolute atomic E-state index is 13.1. The largest absolute Gasteiger partial charge is 0.298 e. The lowest BCUT2D eigenvalue weighted by Crippen LogP contribution is -2.23. The standard InChI is InChI=1S/C14H13Cl2FN2O/c1-14(2,3)19-13(16)10(7-20)12(18-19)9-5-4-8(17)6-11(9)15/h4-7H,1-3H3. The number of hydrogen-bond acceptors (Lipinski definition) is 2. The summed E-state index contributed by atoms with van der Waals surface area (Å²) in [6.07, 6.45) is 0.632. The van der Waals surface area contributed by atoms with Crippen LogP contribution in [0.15, 0.2) is 18.2 Å². The molecule has 0 fully saturated rings. The van der Waals surface area contributed by atoms with Gasteiger partial charge in [0, 0.05) is 5.56 Å². The lowest BCUT2D eigenvalue weighted by molar-refractivity contribution is 0.112. The van der Waals surface area contributed by atoms with Gasteiger partial charge in [0.1, 0.15) is 16.7 Å². The van der Waals surface area contributed by atoms with Gasteiger partial charge in [-0.1, -0.05) is 23.2 Å². The first kappa shape index (κ1) is 15.0. The second kappa shape index (κ2) is 5.19. The monoisotopic (exact) mass is 314 g/mol. The first-order chi connectivity index (χ1) is 9.25. The Morgan fingerprint density at radius 2 is 1.95 bits per heavy atom. The number of benzene rings is 1. The minimum atomic E-state index is -0.451. The molecule has 0 atom stereocenters. The Labute approximate surface area is 126 Å². The molecular weight excluding hydrogens is 302 g/mol. The average molecular weight is 315 g/mol. The van der Waals surface area contributed by atoms with Crippen LogP contribution in [-0.4, -0.2) is 16.1 Å². The van der Waals surface area contributed by atoms with Crippen LogP contribution in [0.2, 0.25) is 10.2 Å². The summed E-state index contributed by atoms with van der Waals surface area (Å²) in [6.45, 7) is 5.74. The van der Waals surface area contributed by atoms with Crippen LogP contribution in [0.5, 0.6) is 0 Å².